The van der Waals surface area contributed by atoms with E-state index in [0.29, 0.717) is 11.8 Å². The van der Waals surface area contributed by atoms with Crippen molar-refractivity contribution in [2.24, 2.45) is 5.92 Å². The van der Waals surface area contributed by atoms with Crippen LogP contribution in [-0.2, 0) is 13.0 Å². The van der Waals surface area contributed by atoms with Crippen LogP contribution in [0.25, 0.3) is 12.2 Å². The lowest BCUT2D eigenvalue weighted by Crippen LogP contribution is -2.33. The zero-order valence-corrected chi connectivity index (χ0v) is 22.7. The third-order valence-corrected chi connectivity index (χ3v) is 5.33. The third kappa shape index (κ3) is 9.27. The molecular weight excluding hydrogens is 617 g/mol. The van der Waals surface area contributed by atoms with E-state index in [9.17, 15) is 10.2 Å². The molecule has 1 fully saturated rings. The first-order valence-corrected chi connectivity index (χ1v) is 13.3. The fourth-order valence-electron chi connectivity index (χ4n) is 3.68. The van der Waals surface area contributed by atoms with Crippen molar-refractivity contribution in [1.29, 1.82) is 0 Å². The Labute approximate surface area is 219 Å². The minimum absolute atomic E-state index is 0.142. The SMILES string of the molecule is BrB(Br)Br.Oc1ccc(C=Cc2nc(CC3CCN(Cc4ccccc4)CC3)no2)cc1O. The highest BCUT2D eigenvalue weighted by molar-refractivity contribution is 9.69. The number of phenolic OH excluding ortho intramolecular Hbond substituents is 2. The monoisotopic (exact) mass is 639 g/mol. The first-order valence-electron chi connectivity index (χ1n) is 10.6. The molecule has 4 rings (SSSR count). The third-order valence-electron chi connectivity index (χ3n) is 5.33. The minimum Gasteiger partial charge on any atom is -0.504 e. The summed E-state index contributed by atoms with van der Waals surface area (Å²) in [5, 5.41) is 23.0. The molecule has 0 saturated carbocycles. The van der Waals surface area contributed by atoms with E-state index < -0.39 is 0 Å². The van der Waals surface area contributed by atoms with E-state index in [1.54, 1.807) is 18.2 Å². The second-order valence-electron chi connectivity index (χ2n) is 7.79. The first kappa shape index (κ1) is 26.0. The number of nitrogens with zero attached hydrogens (tertiary/aromatic N) is 3. The van der Waals surface area contributed by atoms with Gasteiger partial charge < -0.3 is 14.7 Å². The van der Waals surface area contributed by atoms with Gasteiger partial charge in [0.05, 0.1) is 0 Å². The number of aromatic nitrogens is 2. The van der Waals surface area contributed by atoms with Gasteiger partial charge in [0.25, 0.3) is 5.89 Å². The van der Waals surface area contributed by atoms with E-state index >= 15 is 0 Å². The Morgan fingerprint density at radius 1 is 1.00 bits per heavy atom. The number of halogens is 3. The topological polar surface area (TPSA) is 82.6 Å². The average molecular weight is 642 g/mol. The molecule has 1 aromatic heterocycles. The Bertz CT molecular complexity index is 1020. The van der Waals surface area contributed by atoms with Crippen molar-refractivity contribution in [2.45, 2.75) is 25.8 Å². The first-order chi connectivity index (χ1) is 15.9. The molecule has 10 heteroatoms. The van der Waals surface area contributed by atoms with Crippen molar-refractivity contribution in [1.82, 2.24) is 15.0 Å². The Morgan fingerprint density at radius 2 is 1.70 bits per heavy atom. The molecule has 1 saturated heterocycles. The summed E-state index contributed by atoms with van der Waals surface area (Å²) in [5.74, 6) is 1.45. The largest absolute Gasteiger partial charge is 0.504 e. The number of piperidine rings is 1. The molecule has 0 unspecified atom stereocenters. The molecule has 33 heavy (non-hydrogen) atoms. The van der Waals surface area contributed by atoms with Crippen LogP contribution in [0.1, 0.15) is 35.7 Å². The molecule has 1 aliphatic rings. The Hall–Kier alpha value is -1.62. The van der Waals surface area contributed by atoms with E-state index in [-0.39, 0.29) is 14.7 Å². The van der Waals surface area contributed by atoms with E-state index in [0.717, 1.165) is 50.3 Å². The molecule has 3 aromatic rings. The van der Waals surface area contributed by atoms with Crippen LogP contribution in [0.15, 0.2) is 53.1 Å². The van der Waals surface area contributed by atoms with Crippen molar-refractivity contribution < 1.29 is 14.7 Å². The molecule has 2 N–H and O–H groups in total. The van der Waals surface area contributed by atoms with Gasteiger partial charge in [-0.1, -0.05) is 41.6 Å². The maximum Gasteiger partial charge on any atom is 0.369 e. The zero-order valence-electron chi connectivity index (χ0n) is 17.9. The molecule has 0 atom stereocenters. The van der Waals surface area contributed by atoms with Gasteiger partial charge in [-0.2, -0.15) is 4.98 Å². The molecule has 1 aliphatic heterocycles. The fraction of sp³-hybridized carbons (Fsp3) is 0.304. The highest BCUT2D eigenvalue weighted by Crippen LogP contribution is 2.26. The van der Waals surface area contributed by atoms with Crippen molar-refractivity contribution in [3.63, 3.8) is 0 Å². The quantitative estimate of drug-likeness (QED) is 0.244. The van der Waals surface area contributed by atoms with Gasteiger partial charge in [0.1, 0.15) is 0 Å². The maximum atomic E-state index is 9.55. The molecule has 6 nitrogen and oxygen atoms in total. The normalized spacial score (nSPS) is 14.8. The van der Waals surface area contributed by atoms with Crippen LogP contribution in [0.2, 0.25) is 0 Å². The summed E-state index contributed by atoms with van der Waals surface area (Å²) in [4.78, 5) is 6.96. The Kier molecular flexibility index (Phi) is 10.5. The summed E-state index contributed by atoms with van der Waals surface area (Å²) in [6.45, 7) is 3.20. The maximum absolute atomic E-state index is 9.55. The lowest BCUT2D eigenvalue weighted by Gasteiger charge is -2.31. The second kappa shape index (κ2) is 13.3. The summed E-state index contributed by atoms with van der Waals surface area (Å²) < 4.78 is 5.58. The number of hydrogen-bond donors (Lipinski definition) is 2. The van der Waals surface area contributed by atoms with E-state index in [1.165, 1.54) is 17.7 Å². The van der Waals surface area contributed by atoms with Gasteiger partial charge in [-0.15, -0.1) is 47.3 Å². The van der Waals surface area contributed by atoms with Crippen LogP contribution in [0.4, 0.5) is 0 Å². The predicted molar refractivity (Wildman–Crippen MR) is 144 cm³/mol. The van der Waals surface area contributed by atoms with Crippen molar-refractivity contribution >= 4 is 62.6 Å². The van der Waals surface area contributed by atoms with Crippen LogP contribution in [0.5, 0.6) is 11.5 Å². The molecule has 174 valence electrons. The highest BCUT2D eigenvalue weighted by Gasteiger charge is 2.21. The molecular formula is C23H25BBr3N3O3. The number of likely N-dealkylation sites (tertiary alicyclic amines) is 1. The fourth-order valence-corrected chi connectivity index (χ4v) is 3.68. The van der Waals surface area contributed by atoms with Crippen LogP contribution in [0.3, 0.4) is 0 Å². The average Bonchev–Trinajstić information content (AvgIpc) is 3.24. The van der Waals surface area contributed by atoms with E-state index in [1.807, 2.05) is 0 Å². The molecule has 0 amide bonds. The van der Waals surface area contributed by atoms with Gasteiger partial charge >= 0.3 is 3.18 Å². The summed E-state index contributed by atoms with van der Waals surface area (Å²) in [6, 6.07) is 15.2. The van der Waals surface area contributed by atoms with Crippen LogP contribution < -0.4 is 0 Å². The summed E-state index contributed by atoms with van der Waals surface area (Å²) in [6.07, 6.45) is 6.58. The van der Waals surface area contributed by atoms with Crippen molar-refractivity contribution in [2.75, 3.05) is 13.1 Å². The molecule has 0 aliphatic carbocycles. The standard InChI is InChI=1S/C23H25N3O3.BBr3/c27-20-8-6-17(14-21(20)28)7-9-23-24-22(25-29-23)15-18-10-12-26(13-11-18)16-19-4-2-1-3-5-19;2-1(3)4/h1-9,14,18,27-28H,10-13,15-16H2;. The zero-order chi connectivity index (χ0) is 23.6. The van der Waals surface area contributed by atoms with Crippen LogP contribution in [-0.4, -0.2) is 41.5 Å². The molecule has 0 spiro atoms. The Morgan fingerprint density at radius 3 is 2.36 bits per heavy atom. The van der Waals surface area contributed by atoms with Crippen molar-refractivity contribution in [3.8, 4) is 11.5 Å². The van der Waals surface area contributed by atoms with Gasteiger partial charge in [-0.3, -0.25) is 4.90 Å². The summed E-state index contributed by atoms with van der Waals surface area (Å²) >= 11 is 9.31. The number of hydrogen-bond acceptors (Lipinski definition) is 6. The molecule has 0 bridgehead atoms. The lowest BCUT2D eigenvalue weighted by atomic mass is 9.93. The van der Waals surface area contributed by atoms with Gasteiger partial charge in [0, 0.05) is 19.0 Å². The van der Waals surface area contributed by atoms with Crippen LogP contribution >= 0.6 is 47.3 Å². The number of phenols is 2. The van der Waals surface area contributed by atoms with Crippen LogP contribution in [0, 0.1) is 5.92 Å². The van der Waals surface area contributed by atoms with Gasteiger partial charge in [0.15, 0.2) is 17.3 Å². The molecule has 2 heterocycles. The lowest BCUT2D eigenvalue weighted by molar-refractivity contribution is 0.175. The van der Waals surface area contributed by atoms with E-state index in [4.69, 9.17) is 4.52 Å². The summed E-state index contributed by atoms with van der Waals surface area (Å²) in [5.41, 5.74) is 2.10. The number of aromatic hydroxyl groups is 2. The minimum atomic E-state index is -0.156. The second-order valence-corrected chi connectivity index (χ2v) is 14.2. The van der Waals surface area contributed by atoms with Gasteiger partial charge in [0.2, 0.25) is 0 Å². The van der Waals surface area contributed by atoms with E-state index in [2.05, 4.69) is 92.6 Å². The summed E-state index contributed by atoms with van der Waals surface area (Å²) in [7, 11) is 0. The molecule has 2 aromatic carbocycles. The van der Waals surface area contributed by atoms with Gasteiger partial charge in [-0.05, 0) is 61.2 Å². The molecule has 0 radical (unpaired) electrons. The van der Waals surface area contributed by atoms with Crippen molar-refractivity contribution in [3.05, 3.63) is 71.4 Å². The number of rotatable bonds is 6. The number of benzene rings is 2. The van der Waals surface area contributed by atoms with Gasteiger partial charge in [-0.25, -0.2) is 0 Å². The smallest absolute Gasteiger partial charge is 0.369 e. The predicted octanol–water partition coefficient (Wildman–Crippen LogP) is 6.26. The highest BCUT2D eigenvalue weighted by atomic mass is 79.9. The Balaban J connectivity index is 0.000000709.